The van der Waals surface area contributed by atoms with E-state index in [0.717, 1.165) is 35.0 Å². The van der Waals surface area contributed by atoms with Gasteiger partial charge in [-0.25, -0.2) is 0 Å². The van der Waals surface area contributed by atoms with E-state index in [2.05, 4.69) is 21.2 Å². The van der Waals surface area contributed by atoms with Gasteiger partial charge in [0, 0.05) is 9.35 Å². The van der Waals surface area contributed by atoms with Crippen LogP contribution in [0.15, 0.2) is 15.9 Å². The molecular formula is C14H17BrN2O2S. The average Bonchev–Trinajstić information content (AvgIpc) is 3.03. The Morgan fingerprint density at radius 2 is 2.15 bits per heavy atom. The van der Waals surface area contributed by atoms with Crippen LogP contribution in [-0.4, -0.2) is 28.3 Å². The third-order valence-electron chi connectivity index (χ3n) is 4.35. The number of amides is 2. The van der Waals surface area contributed by atoms with Crippen molar-refractivity contribution >= 4 is 39.1 Å². The first kappa shape index (κ1) is 14.1. The fourth-order valence-corrected chi connectivity index (χ4v) is 4.69. The first-order valence-corrected chi connectivity index (χ1v) is 8.56. The monoisotopic (exact) mass is 356 g/mol. The highest BCUT2D eigenvalue weighted by atomic mass is 79.9. The van der Waals surface area contributed by atoms with E-state index in [1.54, 1.807) is 18.3 Å². The van der Waals surface area contributed by atoms with Crippen LogP contribution < -0.4 is 5.32 Å². The minimum absolute atomic E-state index is 0.0229. The quantitative estimate of drug-likeness (QED) is 0.885. The molecule has 2 heterocycles. The van der Waals surface area contributed by atoms with Crippen molar-refractivity contribution in [3.05, 3.63) is 20.8 Å². The molecule has 1 aromatic rings. The molecule has 2 aliphatic rings. The van der Waals surface area contributed by atoms with Gasteiger partial charge in [-0.3, -0.25) is 9.59 Å². The van der Waals surface area contributed by atoms with Gasteiger partial charge in [-0.1, -0.05) is 12.8 Å². The van der Waals surface area contributed by atoms with Crippen LogP contribution in [0.25, 0.3) is 0 Å². The maximum Gasteiger partial charge on any atom is 0.246 e. The Morgan fingerprint density at radius 1 is 1.45 bits per heavy atom. The van der Waals surface area contributed by atoms with Gasteiger partial charge in [-0.15, -0.1) is 11.3 Å². The van der Waals surface area contributed by atoms with Gasteiger partial charge < -0.3 is 10.2 Å². The molecule has 1 aliphatic carbocycles. The highest BCUT2D eigenvalue weighted by molar-refractivity contribution is 9.10. The molecule has 108 valence electrons. The van der Waals surface area contributed by atoms with Crippen LogP contribution in [0.3, 0.4) is 0 Å². The van der Waals surface area contributed by atoms with E-state index in [-0.39, 0.29) is 11.8 Å². The van der Waals surface area contributed by atoms with Crippen LogP contribution in [0.1, 0.15) is 37.5 Å². The molecule has 1 saturated carbocycles. The minimum Gasteiger partial charge on any atom is -0.343 e. The number of nitrogens with one attached hydrogen (secondary N) is 1. The molecule has 1 saturated heterocycles. The molecule has 2 fully saturated rings. The standard InChI is InChI=1S/C14H17BrN2O2S/c1-9-12(18)17(8-11-10(15)4-7-20-11)14(13(19)16-9)5-2-3-6-14/h4,7,9H,2-3,5-6,8H2,1H3,(H,16,19). The molecule has 1 aliphatic heterocycles. The third-order valence-corrected chi connectivity index (χ3v) is 6.26. The second-order valence-electron chi connectivity index (χ2n) is 5.55. The minimum atomic E-state index is -0.618. The number of carbonyl (C=O) groups excluding carboxylic acids is 2. The van der Waals surface area contributed by atoms with Gasteiger partial charge in [0.15, 0.2) is 0 Å². The summed E-state index contributed by atoms with van der Waals surface area (Å²) in [5, 5.41) is 4.85. The SMILES string of the molecule is CC1NC(=O)C2(CCCC2)N(Cc2sccc2Br)C1=O. The number of thiophene rings is 1. The van der Waals surface area contributed by atoms with Crippen molar-refractivity contribution in [2.24, 2.45) is 0 Å². The van der Waals surface area contributed by atoms with Crippen LogP contribution >= 0.6 is 27.3 Å². The lowest BCUT2D eigenvalue weighted by atomic mass is 9.89. The van der Waals surface area contributed by atoms with E-state index in [9.17, 15) is 9.59 Å². The molecule has 1 aromatic heterocycles. The number of nitrogens with zero attached hydrogens (tertiary/aromatic N) is 1. The van der Waals surface area contributed by atoms with Gasteiger partial charge in [0.1, 0.15) is 11.6 Å². The lowest BCUT2D eigenvalue weighted by Gasteiger charge is -2.45. The molecule has 4 nitrogen and oxygen atoms in total. The molecule has 0 aromatic carbocycles. The zero-order chi connectivity index (χ0) is 14.3. The van der Waals surface area contributed by atoms with Crippen molar-refractivity contribution in [1.82, 2.24) is 10.2 Å². The van der Waals surface area contributed by atoms with Gasteiger partial charge >= 0.3 is 0 Å². The summed E-state index contributed by atoms with van der Waals surface area (Å²) in [5.74, 6) is 0.0570. The van der Waals surface area contributed by atoms with E-state index in [1.807, 2.05) is 16.3 Å². The molecule has 1 atom stereocenters. The highest BCUT2D eigenvalue weighted by Gasteiger charge is 2.52. The Hall–Kier alpha value is -0.880. The Morgan fingerprint density at radius 3 is 2.75 bits per heavy atom. The topological polar surface area (TPSA) is 49.4 Å². The fraction of sp³-hybridized carbons (Fsp3) is 0.571. The molecule has 1 spiro atoms. The zero-order valence-corrected chi connectivity index (χ0v) is 13.7. The van der Waals surface area contributed by atoms with Crippen molar-refractivity contribution < 1.29 is 9.59 Å². The Kier molecular flexibility index (Phi) is 3.62. The number of rotatable bonds is 2. The number of halogens is 1. The van der Waals surface area contributed by atoms with E-state index in [1.165, 1.54) is 0 Å². The van der Waals surface area contributed by atoms with Crippen molar-refractivity contribution in [1.29, 1.82) is 0 Å². The largest absolute Gasteiger partial charge is 0.343 e. The van der Waals surface area contributed by atoms with E-state index in [4.69, 9.17) is 0 Å². The Labute approximate surface area is 130 Å². The van der Waals surface area contributed by atoms with Gasteiger partial charge in [-0.2, -0.15) is 0 Å². The molecule has 20 heavy (non-hydrogen) atoms. The number of carbonyl (C=O) groups is 2. The number of piperazine rings is 1. The Balaban J connectivity index is 1.96. The lowest BCUT2D eigenvalue weighted by Crippen LogP contribution is -2.68. The summed E-state index contributed by atoms with van der Waals surface area (Å²) >= 11 is 5.13. The maximum absolute atomic E-state index is 12.6. The van der Waals surface area contributed by atoms with Crippen LogP contribution in [0, 0.1) is 0 Å². The van der Waals surface area contributed by atoms with Crippen LogP contribution in [0.4, 0.5) is 0 Å². The second-order valence-corrected chi connectivity index (χ2v) is 7.40. The van der Waals surface area contributed by atoms with Crippen molar-refractivity contribution in [3.63, 3.8) is 0 Å². The van der Waals surface area contributed by atoms with E-state index in [0.29, 0.717) is 6.54 Å². The summed E-state index contributed by atoms with van der Waals surface area (Å²) in [7, 11) is 0. The normalized spacial score (nSPS) is 25.3. The summed E-state index contributed by atoms with van der Waals surface area (Å²) < 4.78 is 1.02. The molecule has 1 unspecified atom stereocenters. The summed E-state index contributed by atoms with van der Waals surface area (Å²) in [6.45, 7) is 2.29. The zero-order valence-electron chi connectivity index (χ0n) is 11.3. The van der Waals surface area contributed by atoms with Crippen LogP contribution in [-0.2, 0) is 16.1 Å². The summed E-state index contributed by atoms with van der Waals surface area (Å²) in [5.41, 5.74) is -0.618. The molecule has 6 heteroatoms. The molecule has 2 amide bonds. The molecule has 3 rings (SSSR count). The predicted octanol–water partition coefficient (Wildman–Crippen LogP) is 2.67. The second kappa shape index (κ2) is 5.15. The van der Waals surface area contributed by atoms with Crippen LogP contribution in [0.5, 0.6) is 0 Å². The molecule has 0 bridgehead atoms. The lowest BCUT2D eigenvalue weighted by molar-refractivity contribution is -0.157. The molecule has 1 N–H and O–H groups in total. The maximum atomic E-state index is 12.6. The van der Waals surface area contributed by atoms with Crippen molar-refractivity contribution in [2.45, 2.75) is 50.7 Å². The molecular weight excluding hydrogens is 340 g/mol. The smallest absolute Gasteiger partial charge is 0.246 e. The van der Waals surface area contributed by atoms with E-state index < -0.39 is 11.6 Å². The average molecular weight is 357 g/mol. The summed E-state index contributed by atoms with van der Waals surface area (Å²) in [4.78, 5) is 28.0. The van der Waals surface area contributed by atoms with Crippen molar-refractivity contribution in [3.8, 4) is 0 Å². The first-order chi connectivity index (χ1) is 9.54. The van der Waals surface area contributed by atoms with Gasteiger partial charge in [0.2, 0.25) is 11.8 Å². The predicted molar refractivity (Wildman–Crippen MR) is 81.4 cm³/mol. The summed E-state index contributed by atoms with van der Waals surface area (Å²) in [6.07, 6.45) is 3.58. The fourth-order valence-electron chi connectivity index (χ4n) is 3.23. The van der Waals surface area contributed by atoms with Crippen molar-refractivity contribution in [2.75, 3.05) is 0 Å². The Bertz CT molecular complexity index is 551. The van der Waals surface area contributed by atoms with E-state index >= 15 is 0 Å². The van der Waals surface area contributed by atoms with Gasteiger partial charge in [0.05, 0.1) is 6.54 Å². The first-order valence-electron chi connectivity index (χ1n) is 6.89. The van der Waals surface area contributed by atoms with Crippen LogP contribution in [0.2, 0.25) is 0 Å². The third kappa shape index (κ3) is 2.09. The highest BCUT2D eigenvalue weighted by Crippen LogP contribution is 2.40. The number of hydrogen-bond acceptors (Lipinski definition) is 3. The summed E-state index contributed by atoms with van der Waals surface area (Å²) in [6, 6.07) is 1.56. The molecule has 0 radical (unpaired) electrons. The number of hydrogen-bond donors (Lipinski definition) is 1. The van der Waals surface area contributed by atoms with Gasteiger partial charge in [-0.05, 0) is 47.1 Å². The van der Waals surface area contributed by atoms with Gasteiger partial charge in [0.25, 0.3) is 0 Å².